The maximum absolute atomic E-state index is 13.1. The third-order valence-corrected chi connectivity index (χ3v) is 6.66. The summed E-state index contributed by atoms with van der Waals surface area (Å²) in [6, 6.07) is 1.32. The Bertz CT molecular complexity index is 1210. The number of aromatic nitrogens is 5. The van der Waals surface area contributed by atoms with Gasteiger partial charge in [0, 0.05) is 49.9 Å². The number of hydrogen-bond acceptors (Lipinski definition) is 6. The Labute approximate surface area is 185 Å². The summed E-state index contributed by atoms with van der Waals surface area (Å²) in [6.45, 7) is 1.76. The Kier molecular flexibility index (Phi) is 5.76. The molecule has 0 spiro atoms. The van der Waals surface area contributed by atoms with Crippen molar-refractivity contribution >= 4 is 34.1 Å². The minimum Gasteiger partial charge on any atom is -0.610 e. The van der Waals surface area contributed by atoms with Crippen molar-refractivity contribution in [2.75, 3.05) is 5.75 Å². The topological polar surface area (TPSA) is 107 Å². The maximum atomic E-state index is 13.1. The lowest BCUT2D eigenvalue weighted by Gasteiger charge is -2.11. The molecular weight excluding hydrogens is 443 g/mol. The van der Waals surface area contributed by atoms with Gasteiger partial charge in [-0.15, -0.1) is 0 Å². The molecule has 1 saturated carbocycles. The minimum atomic E-state index is -4.54. The Balaban J connectivity index is 1.88. The fourth-order valence-corrected chi connectivity index (χ4v) is 4.37. The van der Waals surface area contributed by atoms with E-state index in [0.717, 1.165) is 31.3 Å². The molecule has 3 heterocycles. The van der Waals surface area contributed by atoms with Crippen LogP contribution in [0.25, 0.3) is 28.3 Å². The predicted octanol–water partition coefficient (Wildman–Crippen LogP) is 3.26. The van der Waals surface area contributed by atoms with E-state index in [1.807, 2.05) is 0 Å². The summed E-state index contributed by atoms with van der Waals surface area (Å²) in [5.74, 6) is 0.983. The lowest BCUT2D eigenvalue weighted by atomic mass is 10.2. The number of rotatable bonds is 7. The molecule has 0 bridgehead atoms. The first kappa shape index (κ1) is 22.3. The van der Waals surface area contributed by atoms with Gasteiger partial charge in [-0.1, -0.05) is 0 Å². The Morgan fingerprint density at radius 1 is 1.31 bits per heavy atom. The predicted molar refractivity (Wildman–Crippen MR) is 116 cm³/mol. The van der Waals surface area contributed by atoms with Gasteiger partial charge in [0.1, 0.15) is 17.1 Å². The van der Waals surface area contributed by atoms with Gasteiger partial charge in [-0.2, -0.15) is 13.2 Å². The number of nitrogens with zero attached hydrogens (tertiary/aromatic N) is 5. The van der Waals surface area contributed by atoms with Crippen molar-refractivity contribution in [1.82, 2.24) is 29.4 Å². The van der Waals surface area contributed by atoms with E-state index in [1.165, 1.54) is 4.57 Å². The molecule has 8 nitrogen and oxygen atoms in total. The van der Waals surface area contributed by atoms with Gasteiger partial charge in [0.25, 0.3) is 5.03 Å². The highest BCUT2D eigenvalue weighted by Gasteiger charge is 2.33. The second-order valence-electron chi connectivity index (χ2n) is 7.53. The summed E-state index contributed by atoms with van der Waals surface area (Å²) in [6.07, 6.45) is 1.22. The van der Waals surface area contributed by atoms with Gasteiger partial charge in [0.2, 0.25) is 0 Å². The molecule has 1 fully saturated rings. The molecule has 0 radical (unpaired) electrons. The van der Waals surface area contributed by atoms with E-state index in [0.29, 0.717) is 28.2 Å². The Morgan fingerprint density at radius 2 is 2.03 bits per heavy atom. The molecule has 32 heavy (non-hydrogen) atoms. The Morgan fingerprint density at radius 3 is 2.62 bits per heavy atom. The molecule has 0 aromatic carbocycles. The summed E-state index contributed by atoms with van der Waals surface area (Å²) in [4.78, 5) is 12.9. The molecule has 1 aliphatic rings. The summed E-state index contributed by atoms with van der Waals surface area (Å²) < 4.78 is 55.4. The number of nitrogens with one attached hydrogen (secondary N) is 2. The van der Waals surface area contributed by atoms with Crippen LogP contribution in [0, 0.1) is 5.41 Å². The molecule has 4 rings (SSSR count). The average Bonchev–Trinajstić information content (AvgIpc) is 3.45. The summed E-state index contributed by atoms with van der Waals surface area (Å²) in [5, 5.41) is 11.4. The van der Waals surface area contributed by atoms with E-state index in [4.69, 9.17) is 5.41 Å². The molecule has 3 aromatic rings. The number of allylic oxidation sites excluding steroid dienone is 1. The van der Waals surface area contributed by atoms with Crippen LogP contribution in [-0.4, -0.2) is 46.6 Å². The quantitative estimate of drug-likeness (QED) is 0.411. The number of alkyl halides is 3. The van der Waals surface area contributed by atoms with E-state index < -0.39 is 22.9 Å². The van der Waals surface area contributed by atoms with Crippen molar-refractivity contribution in [2.45, 2.75) is 37.0 Å². The third kappa shape index (κ3) is 3.99. The van der Waals surface area contributed by atoms with E-state index in [1.54, 1.807) is 31.8 Å². The van der Waals surface area contributed by atoms with Crippen molar-refractivity contribution in [3.63, 3.8) is 0 Å². The number of imidazole rings is 2. The molecule has 2 N–H and O–H groups in total. The van der Waals surface area contributed by atoms with Crippen molar-refractivity contribution in [3.05, 3.63) is 29.9 Å². The summed E-state index contributed by atoms with van der Waals surface area (Å²) >= 11 is -1.44. The van der Waals surface area contributed by atoms with Crippen LogP contribution in [0.3, 0.4) is 0 Å². The molecule has 0 aliphatic heterocycles. The van der Waals surface area contributed by atoms with Crippen LogP contribution >= 0.6 is 0 Å². The first-order chi connectivity index (χ1) is 15.2. The Hall–Kier alpha value is -2.86. The lowest BCUT2D eigenvalue weighted by Crippen LogP contribution is -2.13. The monoisotopic (exact) mass is 465 g/mol. The van der Waals surface area contributed by atoms with Crippen LogP contribution in [0.5, 0.6) is 0 Å². The molecule has 12 heteroatoms. The molecule has 1 unspecified atom stereocenters. The highest BCUT2D eigenvalue weighted by molar-refractivity contribution is 7.91. The SMILES string of the molecule is CC[S+]([O-])c1c(-c2nc3cc(C(F)(F)F)cnc3n2C)nc(/C(C=N)=C/NC2CC2)n1C. The van der Waals surface area contributed by atoms with Crippen LogP contribution in [0.2, 0.25) is 0 Å². The van der Waals surface area contributed by atoms with Crippen LogP contribution in [0.4, 0.5) is 13.2 Å². The number of halogens is 3. The molecule has 1 atom stereocenters. The van der Waals surface area contributed by atoms with E-state index in [9.17, 15) is 17.7 Å². The molecule has 0 saturated heterocycles. The number of fused-ring (bicyclic) bond motifs is 1. The minimum absolute atomic E-state index is 0.0657. The van der Waals surface area contributed by atoms with Gasteiger partial charge in [0.05, 0.1) is 11.1 Å². The molecule has 170 valence electrons. The van der Waals surface area contributed by atoms with Gasteiger partial charge < -0.3 is 19.8 Å². The zero-order valence-corrected chi connectivity index (χ0v) is 18.5. The van der Waals surface area contributed by atoms with Crippen LogP contribution < -0.4 is 5.32 Å². The van der Waals surface area contributed by atoms with Gasteiger partial charge in [0.15, 0.2) is 17.2 Å². The van der Waals surface area contributed by atoms with Crippen LogP contribution in [0.1, 0.15) is 31.2 Å². The molecular formula is C20H22F3N7OS. The molecule has 1 aliphatic carbocycles. The standard InChI is InChI=1S/C20H22F3N7OS/c1-4-32(31)19-15(28-16(30(19)3)11(8-24)9-25-13-5-6-13)18-27-14-7-12(20(21,22)23)10-26-17(14)29(18)2/h7-10,13,24-25H,4-6H2,1-3H3/b11-9+,24-8?. The van der Waals surface area contributed by atoms with E-state index in [-0.39, 0.29) is 22.7 Å². The fourth-order valence-electron chi connectivity index (χ4n) is 3.36. The second kappa shape index (κ2) is 8.24. The van der Waals surface area contributed by atoms with Crippen LogP contribution in [0.15, 0.2) is 23.5 Å². The first-order valence-electron chi connectivity index (χ1n) is 9.97. The number of pyridine rings is 1. The zero-order valence-electron chi connectivity index (χ0n) is 17.7. The highest BCUT2D eigenvalue weighted by atomic mass is 32.2. The van der Waals surface area contributed by atoms with Gasteiger partial charge in [-0.3, -0.25) is 4.57 Å². The van der Waals surface area contributed by atoms with Gasteiger partial charge in [-0.05, 0) is 25.8 Å². The smallest absolute Gasteiger partial charge is 0.417 e. The third-order valence-electron chi connectivity index (χ3n) is 5.23. The highest BCUT2D eigenvalue weighted by Crippen LogP contribution is 2.34. The van der Waals surface area contributed by atoms with Gasteiger partial charge in [-0.25, -0.2) is 15.0 Å². The van der Waals surface area contributed by atoms with Crippen molar-refractivity contribution in [2.24, 2.45) is 14.1 Å². The van der Waals surface area contributed by atoms with Crippen LogP contribution in [-0.2, 0) is 31.4 Å². The van der Waals surface area contributed by atoms with E-state index >= 15 is 0 Å². The number of aryl methyl sites for hydroxylation is 1. The lowest BCUT2D eigenvalue weighted by molar-refractivity contribution is -0.137. The zero-order chi connectivity index (χ0) is 23.2. The fraction of sp³-hybridized carbons (Fsp3) is 0.400. The van der Waals surface area contributed by atoms with Gasteiger partial charge >= 0.3 is 6.18 Å². The van der Waals surface area contributed by atoms with Crippen molar-refractivity contribution in [3.8, 4) is 11.5 Å². The summed E-state index contributed by atoms with van der Waals surface area (Å²) in [7, 11) is 3.33. The normalized spacial score (nSPS) is 15.9. The van der Waals surface area contributed by atoms with Crippen molar-refractivity contribution in [1.29, 1.82) is 5.41 Å². The maximum Gasteiger partial charge on any atom is 0.417 e. The largest absolute Gasteiger partial charge is 0.610 e. The molecule has 3 aromatic heterocycles. The number of hydrogen-bond donors (Lipinski definition) is 2. The average molecular weight is 466 g/mol. The summed E-state index contributed by atoms with van der Waals surface area (Å²) in [5.41, 5.74) is 0.212. The first-order valence-corrected chi connectivity index (χ1v) is 11.3. The second-order valence-corrected chi connectivity index (χ2v) is 9.18. The van der Waals surface area contributed by atoms with Crippen molar-refractivity contribution < 1.29 is 17.7 Å². The molecule has 0 amide bonds. The van der Waals surface area contributed by atoms with E-state index in [2.05, 4.69) is 20.3 Å².